The number of aryl methyl sites for hydroxylation is 1. The molecule has 2 amide bonds. The number of thiocarbonyl (C=S) groups is 1. The lowest BCUT2D eigenvalue weighted by Crippen LogP contribution is -2.59. The van der Waals surface area contributed by atoms with Gasteiger partial charge in [-0.2, -0.15) is 18.4 Å². The summed E-state index contributed by atoms with van der Waals surface area (Å²) in [6.07, 6.45) is -4.47. The lowest BCUT2D eigenvalue weighted by molar-refractivity contribution is -0.137. The minimum absolute atomic E-state index is 0.0293. The van der Waals surface area contributed by atoms with Crippen molar-refractivity contribution in [3.8, 4) is 11.8 Å². The van der Waals surface area contributed by atoms with Gasteiger partial charge in [-0.25, -0.2) is 4.79 Å². The number of nitrogens with zero attached hydrogens (tertiary/aromatic N) is 5. The summed E-state index contributed by atoms with van der Waals surface area (Å²) in [5, 5.41) is 9.22. The van der Waals surface area contributed by atoms with Gasteiger partial charge in [0.1, 0.15) is 23.5 Å². The first-order valence-corrected chi connectivity index (χ1v) is 16.0. The van der Waals surface area contributed by atoms with Crippen LogP contribution in [-0.4, -0.2) is 76.4 Å². The second-order valence-electron chi connectivity index (χ2n) is 13.5. The van der Waals surface area contributed by atoms with Crippen LogP contribution in [0, 0.1) is 11.3 Å². The standard InChI is InChI=1S/C34H42F3N5O4S/c1-9-23-16-26(12-13-28(23)45-15-14-39-19-21(2)40(22(3)20-39)31(44)46-32(4,5)6)42-30(47)41(29(43)33(42,7)8)25-11-10-24(18-38)27(17-25)34(35,36)37/h10-13,16-17,21-22H,9,14-15,19-20H2,1-8H3/t21-,22-/m0/s1. The third-order valence-electron chi connectivity index (χ3n) is 8.30. The van der Waals surface area contributed by atoms with Gasteiger partial charge in [0.05, 0.1) is 22.9 Å². The van der Waals surface area contributed by atoms with Crippen LogP contribution >= 0.6 is 12.2 Å². The summed E-state index contributed by atoms with van der Waals surface area (Å²) in [7, 11) is 0. The molecule has 2 atom stereocenters. The Morgan fingerprint density at radius 2 is 1.68 bits per heavy atom. The molecule has 2 aromatic rings. The van der Waals surface area contributed by atoms with E-state index in [2.05, 4.69) is 4.90 Å². The Hall–Kier alpha value is -3.89. The maximum absolute atomic E-state index is 13.7. The summed E-state index contributed by atoms with van der Waals surface area (Å²) in [5.74, 6) is 0.187. The molecular formula is C34H42F3N5O4S. The Bertz CT molecular complexity index is 1570. The maximum Gasteiger partial charge on any atom is 0.417 e. The molecule has 0 unspecified atom stereocenters. The molecule has 47 heavy (non-hydrogen) atoms. The van der Waals surface area contributed by atoms with Crippen molar-refractivity contribution < 1.29 is 32.2 Å². The molecule has 2 aliphatic heterocycles. The molecule has 0 spiro atoms. The highest BCUT2D eigenvalue weighted by Crippen LogP contribution is 2.40. The number of ether oxygens (including phenoxy) is 2. The zero-order chi connectivity index (χ0) is 35.1. The molecule has 2 saturated heterocycles. The van der Waals surface area contributed by atoms with Crippen molar-refractivity contribution in [2.45, 2.75) is 91.2 Å². The molecule has 0 saturated carbocycles. The Morgan fingerprint density at radius 3 is 2.23 bits per heavy atom. The summed E-state index contributed by atoms with van der Waals surface area (Å²) in [6, 6.07) is 10.1. The fourth-order valence-corrected chi connectivity index (χ4v) is 6.68. The smallest absolute Gasteiger partial charge is 0.417 e. The molecule has 0 radical (unpaired) electrons. The molecule has 4 rings (SSSR count). The van der Waals surface area contributed by atoms with E-state index in [1.54, 1.807) is 35.8 Å². The molecular weight excluding hydrogens is 631 g/mol. The molecule has 0 bridgehead atoms. The van der Waals surface area contributed by atoms with Crippen molar-refractivity contribution in [1.82, 2.24) is 9.80 Å². The number of anilines is 2. The van der Waals surface area contributed by atoms with E-state index in [0.717, 1.165) is 22.6 Å². The van der Waals surface area contributed by atoms with Crippen molar-refractivity contribution in [3.05, 3.63) is 53.1 Å². The van der Waals surface area contributed by atoms with Crippen molar-refractivity contribution in [2.75, 3.05) is 36.0 Å². The minimum atomic E-state index is -4.78. The molecule has 9 nitrogen and oxygen atoms in total. The Morgan fingerprint density at radius 1 is 1.06 bits per heavy atom. The van der Waals surface area contributed by atoms with Crippen LogP contribution in [0.15, 0.2) is 36.4 Å². The van der Waals surface area contributed by atoms with Crippen LogP contribution in [0.3, 0.4) is 0 Å². The molecule has 2 heterocycles. The van der Waals surface area contributed by atoms with E-state index < -0.39 is 34.4 Å². The number of piperazine rings is 1. The van der Waals surface area contributed by atoms with Crippen LogP contribution in [0.4, 0.5) is 29.3 Å². The van der Waals surface area contributed by atoms with Gasteiger partial charge in [0.15, 0.2) is 5.11 Å². The lowest BCUT2D eigenvalue weighted by atomic mass is 10.0. The summed E-state index contributed by atoms with van der Waals surface area (Å²) in [5.41, 5.74) is -2.02. The van der Waals surface area contributed by atoms with Gasteiger partial charge in [-0.3, -0.25) is 14.6 Å². The van der Waals surface area contributed by atoms with E-state index in [4.69, 9.17) is 21.7 Å². The number of halogens is 3. The fraction of sp³-hybridized carbons (Fsp3) is 0.529. The Balaban J connectivity index is 1.47. The molecule has 254 valence electrons. The van der Waals surface area contributed by atoms with E-state index in [-0.39, 0.29) is 29.0 Å². The van der Waals surface area contributed by atoms with Crippen LogP contribution in [0.2, 0.25) is 0 Å². The number of benzene rings is 2. The highest BCUT2D eigenvalue weighted by atomic mass is 32.1. The molecule has 0 aromatic heterocycles. The maximum atomic E-state index is 13.7. The zero-order valence-corrected chi connectivity index (χ0v) is 28.9. The number of alkyl halides is 3. The number of nitriles is 1. The summed E-state index contributed by atoms with van der Waals surface area (Å²) >= 11 is 5.69. The second-order valence-corrected chi connectivity index (χ2v) is 13.9. The number of hydrogen-bond acceptors (Lipinski definition) is 7. The predicted molar refractivity (Wildman–Crippen MR) is 178 cm³/mol. The lowest BCUT2D eigenvalue weighted by Gasteiger charge is -2.44. The van der Waals surface area contributed by atoms with Gasteiger partial charge in [0.25, 0.3) is 5.91 Å². The third-order valence-corrected chi connectivity index (χ3v) is 8.67. The van der Waals surface area contributed by atoms with E-state index in [9.17, 15) is 28.0 Å². The molecule has 13 heteroatoms. The van der Waals surface area contributed by atoms with Crippen molar-refractivity contribution in [2.24, 2.45) is 0 Å². The van der Waals surface area contributed by atoms with Crippen LogP contribution in [0.25, 0.3) is 0 Å². The van der Waals surface area contributed by atoms with Crippen molar-refractivity contribution in [3.63, 3.8) is 0 Å². The summed E-state index contributed by atoms with van der Waals surface area (Å²) in [6.45, 7) is 17.3. The van der Waals surface area contributed by atoms with E-state index in [1.807, 2.05) is 53.7 Å². The zero-order valence-electron chi connectivity index (χ0n) is 28.1. The topological polar surface area (TPSA) is 89.4 Å². The van der Waals surface area contributed by atoms with E-state index >= 15 is 0 Å². The number of carbonyl (C=O) groups excluding carboxylic acids is 2. The summed E-state index contributed by atoms with van der Waals surface area (Å²) in [4.78, 5) is 33.1. The van der Waals surface area contributed by atoms with Gasteiger partial charge in [-0.1, -0.05) is 6.92 Å². The fourth-order valence-electron chi connectivity index (χ4n) is 6.16. The van der Waals surface area contributed by atoms with Crippen LogP contribution in [0.1, 0.15) is 72.1 Å². The van der Waals surface area contributed by atoms with Gasteiger partial charge in [0, 0.05) is 37.4 Å². The van der Waals surface area contributed by atoms with Crippen LogP contribution < -0.4 is 14.5 Å². The van der Waals surface area contributed by atoms with Gasteiger partial charge in [-0.05, 0) is 109 Å². The van der Waals surface area contributed by atoms with Gasteiger partial charge in [0.2, 0.25) is 0 Å². The minimum Gasteiger partial charge on any atom is -0.492 e. The molecule has 2 fully saturated rings. The monoisotopic (exact) mass is 673 g/mol. The van der Waals surface area contributed by atoms with Gasteiger partial charge >= 0.3 is 12.3 Å². The van der Waals surface area contributed by atoms with E-state index in [1.165, 1.54) is 6.07 Å². The largest absolute Gasteiger partial charge is 0.492 e. The van der Waals surface area contributed by atoms with Crippen molar-refractivity contribution >= 4 is 40.7 Å². The third kappa shape index (κ3) is 7.49. The van der Waals surface area contributed by atoms with Crippen LogP contribution in [-0.2, 0) is 22.1 Å². The van der Waals surface area contributed by atoms with Gasteiger partial charge < -0.3 is 19.3 Å². The first-order valence-electron chi connectivity index (χ1n) is 15.6. The first kappa shape index (κ1) is 36.0. The Kier molecular flexibility index (Phi) is 10.2. The van der Waals surface area contributed by atoms with Crippen molar-refractivity contribution in [1.29, 1.82) is 5.26 Å². The molecule has 0 aliphatic carbocycles. The first-order chi connectivity index (χ1) is 21.8. The summed E-state index contributed by atoms with van der Waals surface area (Å²) < 4.78 is 52.9. The number of rotatable bonds is 7. The molecule has 0 N–H and O–H groups in total. The number of amides is 2. The highest BCUT2D eigenvalue weighted by molar-refractivity contribution is 7.81. The Labute approximate surface area is 279 Å². The predicted octanol–water partition coefficient (Wildman–Crippen LogP) is 6.76. The highest BCUT2D eigenvalue weighted by Gasteiger charge is 2.51. The van der Waals surface area contributed by atoms with Crippen LogP contribution in [0.5, 0.6) is 5.75 Å². The average molecular weight is 674 g/mol. The number of hydrogen-bond donors (Lipinski definition) is 0. The van der Waals surface area contributed by atoms with Gasteiger partial charge in [-0.15, -0.1) is 0 Å². The molecule has 2 aliphatic rings. The quantitative estimate of drug-likeness (QED) is 0.298. The normalized spacial score (nSPS) is 20.4. The number of carbonyl (C=O) groups is 2. The molecule has 2 aromatic carbocycles. The van der Waals surface area contributed by atoms with E-state index in [0.29, 0.717) is 44.1 Å². The average Bonchev–Trinajstić information content (AvgIpc) is 3.13. The SMILES string of the molecule is CCc1cc(N2C(=S)N(c3ccc(C#N)c(C(F)(F)F)c3)C(=O)C2(C)C)ccc1OCCN1C[C@H](C)N(C(=O)OC(C)(C)C)[C@@H](C)C1. The second kappa shape index (κ2) is 13.3.